The van der Waals surface area contributed by atoms with E-state index in [1.165, 1.54) is 0 Å². The van der Waals surface area contributed by atoms with Gasteiger partial charge in [-0.1, -0.05) is 60.7 Å². The van der Waals surface area contributed by atoms with Gasteiger partial charge in [-0.2, -0.15) is 0 Å². The minimum Gasteiger partial charge on any atom is -0.461 e. The lowest BCUT2D eigenvalue weighted by Crippen LogP contribution is -2.18. The highest BCUT2D eigenvalue weighted by Crippen LogP contribution is 2.25. The van der Waals surface area contributed by atoms with Crippen LogP contribution in [-0.4, -0.2) is 31.9 Å². The highest BCUT2D eigenvalue weighted by atomic mass is 16.6. The molecule has 0 aliphatic carbocycles. The van der Waals surface area contributed by atoms with Crippen molar-refractivity contribution in [1.29, 1.82) is 0 Å². The smallest absolute Gasteiger partial charge is 0.332 e. The van der Waals surface area contributed by atoms with Crippen LogP contribution in [0.5, 0.6) is 0 Å². The normalized spacial score (nSPS) is 16.5. The fraction of sp³-hybridized carbons (Fsp3) is 0.278. The summed E-state index contributed by atoms with van der Waals surface area (Å²) in [6, 6.07) is 19.7. The van der Waals surface area contributed by atoms with Gasteiger partial charge < -0.3 is 14.2 Å². The molecular weight excluding hydrogens is 280 g/mol. The van der Waals surface area contributed by atoms with Crippen molar-refractivity contribution in [3.8, 4) is 0 Å². The molecule has 1 fully saturated rings. The fourth-order valence-corrected chi connectivity index (χ4v) is 2.18. The van der Waals surface area contributed by atoms with Gasteiger partial charge in [0.1, 0.15) is 25.4 Å². The van der Waals surface area contributed by atoms with Gasteiger partial charge in [-0.3, -0.25) is 0 Å². The van der Waals surface area contributed by atoms with Crippen LogP contribution in [0.25, 0.3) is 0 Å². The van der Waals surface area contributed by atoms with E-state index < -0.39 is 0 Å². The third kappa shape index (κ3) is 4.16. The number of carbonyl (C=O) groups excluding carboxylic acids is 1. The van der Waals surface area contributed by atoms with E-state index in [-0.39, 0.29) is 24.8 Å². The first-order chi connectivity index (χ1) is 10.8. The Bertz CT molecular complexity index is 553. The van der Waals surface area contributed by atoms with Crippen LogP contribution in [-0.2, 0) is 19.0 Å². The Morgan fingerprint density at radius 1 is 1.05 bits per heavy atom. The molecule has 1 unspecified atom stereocenters. The first-order valence-corrected chi connectivity index (χ1v) is 7.31. The van der Waals surface area contributed by atoms with Gasteiger partial charge in [0.05, 0.1) is 6.61 Å². The van der Waals surface area contributed by atoms with Gasteiger partial charge in [-0.15, -0.1) is 0 Å². The van der Waals surface area contributed by atoms with Gasteiger partial charge in [0.25, 0.3) is 0 Å². The predicted molar refractivity (Wildman–Crippen MR) is 81.4 cm³/mol. The molecule has 1 atom stereocenters. The lowest BCUT2D eigenvalue weighted by molar-refractivity contribution is -0.150. The molecule has 0 radical (unpaired) electrons. The van der Waals surface area contributed by atoms with Gasteiger partial charge in [-0.05, 0) is 11.1 Å². The Balaban J connectivity index is 1.65. The molecule has 2 aromatic carbocycles. The number of hydrogen-bond donors (Lipinski definition) is 0. The van der Waals surface area contributed by atoms with E-state index in [9.17, 15) is 4.79 Å². The van der Waals surface area contributed by atoms with Crippen molar-refractivity contribution in [3.05, 3.63) is 71.8 Å². The molecule has 0 N–H and O–H groups in total. The summed E-state index contributed by atoms with van der Waals surface area (Å²) in [5, 5.41) is 0. The van der Waals surface area contributed by atoms with E-state index in [2.05, 4.69) is 0 Å². The molecule has 1 heterocycles. The second-order valence-corrected chi connectivity index (χ2v) is 5.15. The van der Waals surface area contributed by atoms with E-state index in [1.54, 1.807) is 0 Å². The van der Waals surface area contributed by atoms with E-state index >= 15 is 0 Å². The number of carbonyl (C=O) groups is 1. The lowest BCUT2D eigenvalue weighted by Gasteiger charge is -2.18. The fourth-order valence-electron chi connectivity index (χ4n) is 2.18. The summed E-state index contributed by atoms with van der Waals surface area (Å²) >= 11 is 0. The summed E-state index contributed by atoms with van der Waals surface area (Å²) < 4.78 is 15.9. The maximum absolute atomic E-state index is 11.7. The Morgan fingerprint density at radius 3 is 2.09 bits per heavy atom. The third-order valence-electron chi connectivity index (χ3n) is 3.41. The highest BCUT2D eigenvalue weighted by molar-refractivity contribution is 5.70. The molecule has 3 rings (SSSR count). The summed E-state index contributed by atoms with van der Waals surface area (Å²) in [5.74, 6) is -0.368. The molecule has 22 heavy (non-hydrogen) atoms. The lowest BCUT2D eigenvalue weighted by atomic mass is 10.0. The molecule has 114 valence electrons. The minimum atomic E-state index is -0.368. The maximum atomic E-state index is 11.7. The van der Waals surface area contributed by atoms with Crippen LogP contribution in [0.4, 0.5) is 0 Å². The van der Waals surface area contributed by atoms with E-state index in [4.69, 9.17) is 14.2 Å². The monoisotopic (exact) mass is 298 g/mol. The summed E-state index contributed by atoms with van der Waals surface area (Å²) in [7, 11) is 0. The number of ether oxygens (including phenoxy) is 3. The molecule has 1 saturated heterocycles. The number of hydrogen-bond acceptors (Lipinski definition) is 4. The second-order valence-electron chi connectivity index (χ2n) is 5.15. The number of epoxide rings is 1. The van der Waals surface area contributed by atoms with Crippen LogP contribution in [0.1, 0.15) is 17.2 Å². The minimum absolute atomic E-state index is 0.0722. The predicted octanol–water partition coefficient (Wildman–Crippen LogP) is 2.73. The molecule has 0 amide bonds. The van der Waals surface area contributed by atoms with Crippen molar-refractivity contribution in [2.45, 2.75) is 12.2 Å². The van der Waals surface area contributed by atoms with E-state index in [0.29, 0.717) is 13.2 Å². The van der Waals surface area contributed by atoms with E-state index in [0.717, 1.165) is 11.1 Å². The molecule has 2 aromatic rings. The molecule has 0 spiro atoms. The standard InChI is InChI=1S/C18H18O4/c19-17(21-12-16-11-20-16)13-22-18(14-7-3-1-4-8-14)15-9-5-2-6-10-15/h1-10,16,18H,11-13H2. The molecule has 0 saturated carbocycles. The Labute approximate surface area is 129 Å². The number of benzene rings is 2. The first kappa shape index (κ1) is 14.8. The molecular formula is C18H18O4. The largest absolute Gasteiger partial charge is 0.461 e. The summed E-state index contributed by atoms with van der Waals surface area (Å²) in [5.41, 5.74) is 2.01. The quantitative estimate of drug-likeness (QED) is 0.582. The van der Waals surface area contributed by atoms with Crippen LogP contribution in [0, 0.1) is 0 Å². The third-order valence-corrected chi connectivity index (χ3v) is 3.41. The average molecular weight is 298 g/mol. The first-order valence-electron chi connectivity index (χ1n) is 7.31. The van der Waals surface area contributed by atoms with Gasteiger partial charge in [0.15, 0.2) is 0 Å². The Kier molecular flexibility index (Phi) is 4.83. The van der Waals surface area contributed by atoms with Crippen LogP contribution in [0.15, 0.2) is 60.7 Å². The van der Waals surface area contributed by atoms with Crippen molar-refractivity contribution in [3.63, 3.8) is 0 Å². The average Bonchev–Trinajstić information content (AvgIpc) is 3.39. The molecule has 1 aliphatic heterocycles. The molecule has 4 heteroatoms. The zero-order valence-electron chi connectivity index (χ0n) is 12.2. The van der Waals surface area contributed by atoms with Crippen LogP contribution >= 0.6 is 0 Å². The zero-order valence-corrected chi connectivity index (χ0v) is 12.2. The van der Waals surface area contributed by atoms with Crippen molar-refractivity contribution < 1.29 is 19.0 Å². The van der Waals surface area contributed by atoms with Gasteiger partial charge in [0.2, 0.25) is 0 Å². The van der Waals surface area contributed by atoms with Crippen molar-refractivity contribution in [1.82, 2.24) is 0 Å². The summed E-state index contributed by atoms with van der Waals surface area (Å²) in [4.78, 5) is 11.7. The van der Waals surface area contributed by atoms with Crippen LogP contribution < -0.4 is 0 Å². The van der Waals surface area contributed by atoms with E-state index in [1.807, 2.05) is 60.7 Å². The second kappa shape index (κ2) is 7.20. The maximum Gasteiger partial charge on any atom is 0.332 e. The SMILES string of the molecule is O=C(COC(c1ccccc1)c1ccccc1)OCC1CO1. The Morgan fingerprint density at radius 2 is 1.59 bits per heavy atom. The molecule has 1 aliphatic rings. The van der Waals surface area contributed by atoms with Gasteiger partial charge in [-0.25, -0.2) is 4.79 Å². The van der Waals surface area contributed by atoms with Crippen molar-refractivity contribution >= 4 is 5.97 Å². The van der Waals surface area contributed by atoms with Crippen LogP contribution in [0.3, 0.4) is 0 Å². The van der Waals surface area contributed by atoms with Crippen molar-refractivity contribution in [2.24, 2.45) is 0 Å². The molecule has 0 bridgehead atoms. The van der Waals surface area contributed by atoms with Gasteiger partial charge >= 0.3 is 5.97 Å². The van der Waals surface area contributed by atoms with Crippen LogP contribution in [0.2, 0.25) is 0 Å². The number of esters is 1. The van der Waals surface area contributed by atoms with Crippen molar-refractivity contribution in [2.75, 3.05) is 19.8 Å². The highest BCUT2D eigenvalue weighted by Gasteiger charge is 2.24. The summed E-state index contributed by atoms with van der Waals surface area (Å²) in [6.07, 6.45) is -0.213. The number of rotatable bonds is 7. The van der Waals surface area contributed by atoms with Gasteiger partial charge in [0, 0.05) is 0 Å². The molecule has 0 aromatic heterocycles. The summed E-state index contributed by atoms with van der Waals surface area (Å²) in [6.45, 7) is 0.898. The molecule has 4 nitrogen and oxygen atoms in total. The Hall–Kier alpha value is -2.17. The zero-order chi connectivity index (χ0) is 15.2. The topological polar surface area (TPSA) is 48.1 Å².